The number of piperidine rings is 1. The molecule has 0 bridgehead atoms. The second-order valence-electron chi connectivity index (χ2n) is 6.48. The predicted molar refractivity (Wildman–Crippen MR) is 87.9 cm³/mol. The first-order valence-corrected chi connectivity index (χ1v) is 8.17. The van der Waals surface area contributed by atoms with Crippen molar-refractivity contribution in [2.75, 3.05) is 24.5 Å². The summed E-state index contributed by atoms with van der Waals surface area (Å²) in [7, 11) is 0. The van der Waals surface area contributed by atoms with Crippen molar-refractivity contribution in [1.82, 2.24) is 10.3 Å². The summed E-state index contributed by atoms with van der Waals surface area (Å²) >= 11 is 0. The zero-order chi connectivity index (χ0) is 14.3. The van der Waals surface area contributed by atoms with E-state index in [0.717, 1.165) is 25.0 Å². The van der Waals surface area contributed by atoms with Crippen LogP contribution in [-0.4, -0.2) is 30.2 Å². The van der Waals surface area contributed by atoms with Gasteiger partial charge < -0.3 is 10.2 Å². The van der Waals surface area contributed by atoms with Crippen LogP contribution < -0.4 is 10.2 Å². The van der Waals surface area contributed by atoms with Crippen LogP contribution in [0.15, 0.2) is 30.5 Å². The number of nitrogens with zero attached hydrogens (tertiary/aromatic N) is 2. The van der Waals surface area contributed by atoms with E-state index < -0.39 is 0 Å². The predicted octanol–water partition coefficient (Wildman–Crippen LogP) is 3.13. The summed E-state index contributed by atoms with van der Waals surface area (Å²) in [6.07, 6.45) is 6.93. The number of anilines is 1. The fourth-order valence-electron chi connectivity index (χ4n) is 3.76. The minimum atomic E-state index is 0.466. The van der Waals surface area contributed by atoms with Crippen LogP contribution in [0, 0.1) is 0 Å². The molecule has 4 rings (SSSR count). The highest BCUT2D eigenvalue weighted by molar-refractivity contribution is 5.92. The Hall–Kier alpha value is -1.61. The van der Waals surface area contributed by atoms with Crippen molar-refractivity contribution < 1.29 is 0 Å². The molecular formula is C18H23N3. The average Bonchev–Trinajstić information content (AvgIpc) is 2.52. The maximum Gasteiger partial charge on any atom is 0.0722 e. The van der Waals surface area contributed by atoms with Crippen LogP contribution in [0.2, 0.25) is 0 Å². The molecular weight excluding hydrogens is 258 g/mol. The van der Waals surface area contributed by atoms with Gasteiger partial charge in [0, 0.05) is 35.9 Å². The van der Waals surface area contributed by atoms with E-state index in [4.69, 9.17) is 0 Å². The Labute approximate surface area is 126 Å². The first kappa shape index (κ1) is 13.1. The third kappa shape index (κ3) is 2.20. The third-order valence-corrected chi connectivity index (χ3v) is 5.36. The monoisotopic (exact) mass is 281 g/mol. The maximum absolute atomic E-state index is 4.53. The second-order valence-corrected chi connectivity index (χ2v) is 6.48. The molecule has 1 aromatic heterocycles. The molecule has 3 heteroatoms. The second kappa shape index (κ2) is 4.99. The Bertz CT molecular complexity index is 651. The normalized spacial score (nSPS) is 20.7. The van der Waals surface area contributed by atoms with Crippen molar-refractivity contribution in [3.05, 3.63) is 36.0 Å². The van der Waals surface area contributed by atoms with Crippen molar-refractivity contribution in [2.45, 2.75) is 38.1 Å². The molecule has 21 heavy (non-hydrogen) atoms. The topological polar surface area (TPSA) is 28.2 Å². The van der Waals surface area contributed by atoms with E-state index in [2.05, 4.69) is 46.4 Å². The number of nitrogens with one attached hydrogen (secondary N) is 1. The van der Waals surface area contributed by atoms with Gasteiger partial charge in [0.25, 0.3) is 0 Å². The van der Waals surface area contributed by atoms with Crippen LogP contribution >= 0.6 is 0 Å². The highest BCUT2D eigenvalue weighted by Crippen LogP contribution is 2.35. The van der Waals surface area contributed by atoms with Gasteiger partial charge in [0.2, 0.25) is 0 Å². The number of hydrogen-bond donors (Lipinski definition) is 1. The molecule has 0 amide bonds. The molecule has 2 saturated heterocycles. The van der Waals surface area contributed by atoms with Gasteiger partial charge in [-0.2, -0.15) is 0 Å². The fourth-order valence-corrected chi connectivity index (χ4v) is 3.76. The Morgan fingerprint density at radius 1 is 1.19 bits per heavy atom. The van der Waals surface area contributed by atoms with E-state index in [1.165, 1.54) is 42.4 Å². The Balaban J connectivity index is 1.66. The lowest BCUT2D eigenvalue weighted by molar-refractivity contribution is 0.164. The first-order chi connectivity index (χ1) is 10.3. The van der Waals surface area contributed by atoms with E-state index in [1.807, 2.05) is 6.20 Å². The van der Waals surface area contributed by atoms with Gasteiger partial charge in [-0.1, -0.05) is 13.0 Å². The zero-order valence-electron chi connectivity index (χ0n) is 12.7. The van der Waals surface area contributed by atoms with Gasteiger partial charge in [-0.05, 0) is 56.0 Å². The summed E-state index contributed by atoms with van der Waals surface area (Å²) in [6, 6.07) is 8.87. The standard InChI is InChI=1S/C18H23N3/c1-2-14-3-4-16-15(13-14)17(5-9-19-16)21-11-7-18(8-12-21)6-10-20-18/h3-5,9,13,20H,2,6-8,10-12H2,1H3. The van der Waals surface area contributed by atoms with Gasteiger partial charge >= 0.3 is 0 Å². The summed E-state index contributed by atoms with van der Waals surface area (Å²) in [5.74, 6) is 0. The summed E-state index contributed by atoms with van der Waals surface area (Å²) < 4.78 is 0. The largest absolute Gasteiger partial charge is 0.371 e. The molecule has 0 atom stereocenters. The number of aromatic nitrogens is 1. The molecule has 2 fully saturated rings. The van der Waals surface area contributed by atoms with Crippen LogP contribution in [-0.2, 0) is 6.42 Å². The van der Waals surface area contributed by atoms with E-state index in [9.17, 15) is 0 Å². The molecule has 0 radical (unpaired) electrons. The molecule has 3 nitrogen and oxygen atoms in total. The quantitative estimate of drug-likeness (QED) is 0.916. The molecule has 2 aromatic rings. The van der Waals surface area contributed by atoms with E-state index in [1.54, 1.807) is 0 Å². The maximum atomic E-state index is 4.53. The van der Waals surface area contributed by atoms with Gasteiger partial charge in [0.1, 0.15) is 0 Å². The fraction of sp³-hybridized carbons (Fsp3) is 0.500. The number of aryl methyl sites for hydroxylation is 1. The van der Waals surface area contributed by atoms with Gasteiger partial charge in [-0.25, -0.2) is 0 Å². The van der Waals surface area contributed by atoms with Crippen LogP contribution in [0.25, 0.3) is 10.9 Å². The van der Waals surface area contributed by atoms with E-state index in [0.29, 0.717) is 5.54 Å². The number of pyridine rings is 1. The van der Waals surface area contributed by atoms with Crippen molar-refractivity contribution in [3.63, 3.8) is 0 Å². The highest BCUT2D eigenvalue weighted by Gasteiger charge is 2.39. The molecule has 110 valence electrons. The highest BCUT2D eigenvalue weighted by atomic mass is 15.2. The lowest BCUT2D eigenvalue weighted by Gasteiger charge is -2.49. The summed E-state index contributed by atoms with van der Waals surface area (Å²) in [5.41, 5.74) is 4.34. The first-order valence-electron chi connectivity index (χ1n) is 8.17. The van der Waals surface area contributed by atoms with Crippen LogP contribution in [0.4, 0.5) is 5.69 Å². The van der Waals surface area contributed by atoms with Gasteiger partial charge in [0.15, 0.2) is 0 Å². The number of fused-ring (bicyclic) bond motifs is 1. The van der Waals surface area contributed by atoms with Crippen molar-refractivity contribution in [2.24, 2.45) is 0 Å². The minimum Gasteiger partial charge on any atom is -0.371 e. The van der Waals surface area contributed by atoms with Crippen molar-refractivity contribution in [1.29, 1.82) is 0 Å². The lowest BCUT2D eigenvalue weighted by Crippen LogP contribution is -2.61. The summed E-state index contributed by atoms with van der Waals surface area (Å²) in [5, 5.41) is 4.96. The average molecular weight is 281 g/mol. The molecule has 0 saturated carbocycles. The zero-order valence-corrected chi connectivity index (χ0v) is 12.7. The Morgan fingerprint density at radius 3 is 2.67 bits per heavy atom. The van der Waals surface area contributed by atoms with Crippen LogP contribution in [0.5, 0.6) is 0 Å². The smallest absolute Gasteiger partial charge is 0.0722 e. The molecule has 1 N–H and O–H groups in total. The van der Waals surface area contributed by atoms with Crippen LogP contribution in [0.1, 0.15) is 31.7 Å². The molecule has 0 unspecified atom stereocenters. The van der Waals surface area contributed by atoms with Gasteiger partial charge in [-0.3, -0.25) is 4.98 Å². The lowest BCUT2D eigenvalue weighted by atomic mass is 9.79. The Morgan fingerprint density at radius 2 is 2.00 bits per heavy atom. The van der Waals surface area contributed by atoms with E-state index in [-0.39, 0.29) is 0 Å². The van der Waals surface area contributed by atoms with Gasteiger partial charge in [0.05, 0.1) is 5.52 Å². The molecule has 1 aromatic carbocycles. The molecule has 2 aliphatic rings. The Kier molecular flexibility index (Phi) is 3.11. The number of hydrogen-bond acceptors (Lipinski definition) is 3. The SMILES string of the molecule is CCc1ccc2nccc(N3CCC4(CCN4)CC3)c2c1. The van der Waals surface area contributed by atoms with Gasteiger partial charge in [-0.15, -0.1) is 0 Å². The molecule has 1 spiro atoms. The van der Waals surface area contributed by atoms with Crippen molar-refractivity contribution in [3.8, 4) is 0 Å². The minimum absolute atomic E-state index is 0.466. The van der Waals surface area contributed by atoms with Crippen LogP contribution in [0.3, 0.4) is 0 Å². The van der Waals surface area contributed by atoms with Crippen molar-refractivity contribution >= 4 is 16.6 Å². The molecule has 2 aliphatic heterocycles. The number of benzene rings is 1. The van der Waals surface area contributed by atoms with E-state index >= 15 is 0 Å². The summed E-state index contributed by atoms with van der Waals surface area (Å²) in [4.78, 5) is 7.08. The molecule has 0 aliphatic carbocycles. The summed E-state index contributed by atoms with van der Waals surface area (Å²) in [6.45, 7) is 5.73. The molecule has 3 heterocycles. The number of rotatable bonds is 2. The third-order valence-electron chi connectivity index (χ3n) is 5.36.